The lowest BCUT2D eigenvalue weighted by Crippen LogP contribution is -1.85. The fraction of sp³-hybridized carbons (Fsp3) is 0.250. The molecule has 0 radical (unpaired) electrons. The second-order valence-electron chi connectivity index (χ2n) is 4.18. The second-order valence-corrected chi connectivity index (χ2v) is 4.18. The predicted octanol–water partition coefficient (Wildman–Crippen LogP) is 4.31. The van der Waals surface area contributed by atoms with Crippen molar-refractivity contribution in [2.75, 3.05) is 7.11 Å². The first kappa shape index (κ1) is 11.7. The van der Waals surface area contributed by atoms with Crippen LogP contribution in [0.3, 0.4) is 0 Å². The van der Waals surface area contributed by atoms with Crippen LogP contribution in [0.5, 0.6) is 5.75 Å². The van der Waals surface area contributed by atoms with Crippen LogP contribution in [0.15, 0.2) is 48.5 Å². The topological polar surface area (TPSA) is 9.23 Å². The Hall–Kier alpha value is -1.76. The molecule has 0 N–H and O–H groups in total. The standard InChI is InChI=1S/C16H18O/c1-3-5-13-6-4-7-15(12-13)14-8-10-16(17-2)11-9-14/h4,6-12H,3,5H2,1-2H3. The normalized spacial score (nSPS) is 10.2. The Labute approximate surface area is 103 Å². The molecule has 0 fully saturated rings. The summed E-state index contributed by atoms with van der Waals surface area (Å²) in [5.74, 6) is 0.901. The second kappa shape index (κ2) is 5.53. The van der Waals surface area contributed by atoms with Crippen LogP contribution in [-0.4, -0.2) is 7.11 Å². The van der Waals surface area contributed by atoms with E-state index < -0.39 is 0 Å². The number of benzene rings is 2. The molecule has 0 saturated carbocycles. The molecule has 1 heteroatoms. The molecule has 2 aromatic carbocycles. The van der Waals surface area contributed by atoms with Gasteiger partial charge in [0, 0.05) is 0 Å². The zero-order valence-electron chi connectivity index (χ0n) is 10.4. The Balaban J connectivity index is 2.28. The Kier molecular flexibility index (Phi) is 3.81. The van der Waals surface area contributed by atoms with Gasteiger partial charge in [0.25, 0.3) is 0 Å². The number of hydrogen-bond donors (Lipinski definition) is 0. The number of rotatable bonds is 4. The third-order valence-electron chi connectivity index (χ3n) is 2.89. The van der Waals surface area contributed by atoms with E-state index >= 15 is 0 Å². The van der Waals surface area contributed by atoms with Crippen molar-refractivity contribution in [1.29, 1.82) is 0 Å². The van der Waals surface area contributed by atoms with Crippen LogP contribution in [-0.2, 0) is 6.42 Å². The molecule has 0 saturated heterocycles. The van der Waals surface area contributed by atoms with Crippen molar-refractivity contribution in [3.8, 4) is 16.9 Å². The summed E-state index contributed by atoms with van der Waals surface area (Å²) in [5.41, 5.74) is 3.92. The Morgan fingerprint density at radius 1 is 0.941 bits per heavy atom. The summed E-state index contributed by atoms with van der Waals surface area (Å²) < 4.78 is 5.17. The van der Waals surface area contributed by atoms with Gasteiger partial charge in [0.1, 0.15) is 5.75 Å². The van der Waals surface area contributed by atoms with Gasteiger partial charge in [-0.3, -0.25) is 0 Å². The molecule has 0 aromatic heterocycles. The minimum Gasteiger partial charge on any atom is -0.497 e. The van der Waals surface area contributed by atoms with Crippen LogP contribution in [0.4, 0.5) is 0 Å². The summed E-state index contributed by atoms with van der Waals surface area (Å²) in [7, 11) is 1.69. The summed E-state index contributed by atoms with van der Waals surface area (Å²) >= 11 is 0. The first-order valence-corrected chi connectivity index (χ1v) is 6.07. The molecule has 2 aromatic rings. The summed E-state index contributed by atoms with van der Waals surface area (Å²) in [5, 5.41) is 0. The van der Waals surface area contributed by atoms with Gasteiger partial charge in [-0.15, -0.1) is 0 Å². The van der Waals surface area contributed by atoms with Crippen molar-refractivity contribution in [2.24, 2.45) is 0 Å². The van der Waals surface area contributed by atoms with Gasteiger partial charge in [0.15, 0.2) is 0 Å². The van der Waals surface area contributed by atoms with Gasteiger partial charge in [0.2, 0.25) is 0 Å². The van der Waals surface area contributed by atoms with E-state index in [1.54, 1.807) is 7.11 Å². The third-order valence-corrected chi connectivity index (χ3v) is 2.89. The molecule has 0 amide bonds. The van der Waals surface area contributed by atoms with Crippen LogP contribution in [0.1, 0.15) is 18.9 Å². The Morgan fingerprint density at radius 2 is 1.71 bits per heavy atom. The van der Waals surface area contributed by atoms with Crippen molar-refractivity contribution in [3.05, 3.63) is 54.1 Å². The molecule has 0 aliphatic rings. The SMILES string of the molecule is CCCc1cccc(-c2ccc(OC)cc2)c1. The smallest absolute Gasteiger partial charge is 0.118 e. The first-order chi connectivity index (χ1) is 8.33. The van der Waals surface area contributed by atoms with Crippen LogP contribution in [0, 0.1) is 0 Å². The lowest BCUT2D eigenvalue weighted by atomic mass is 10.0. The highest BCUT2D eigenvalue weighted by Gasteiger charge is 1.99. The van der Waals surface area contributed by atoms with E-state index in [1.807, 2.05) is 12.1 Å². The van der Waals surface area contributed by atoms with Crippen LogP contribution in [0.2, 0.25) is 0 Å². The van der Waals surface area contributed by atoms with E-state index in [4.69, 9.17) is 4.74 Å². The van der Waals surface area contributed by atoms with Crippen molar-refractivity contribution in [2.45, 2.75) is 19.8 Å². The lowest BCUT2D eigenvalue weighted by Gasteiger charge is -2.06. The maximum Gasteiger partial charge on any atom is 0.118 e. The average molecular weight is 226 g/mol. The van der Waals surface area contributed by atoms with Gasteiger partial charge in [0.05, 0.1) is 7.11 Å². The molecular weight excluding hydrogens is 208 g/mol. The third kappa shape index (κ3) is 2.88. The monoisotopic (exact) mass is 226 g/mol. The summed E-state index contributed by atoms with van der Waals surface area (Å²) in [6.07, 6.45) is 2.33. The Morgan fingerprint density at radius 3 is 2.35 bits per heavy atom. The van der Waals surface area contributed by atoms with E-state index in [1.165, 1.54) is 23.1 Å². The van der Waals surface area contributed by atoms with Gasteiger partial charge < -0.3 is 4.74 Å². The van der Waals surface area contributed by atoms with E-state index in [0.29, 0.717) is 0 Å². The predicted molar refractivity (Wildman–Crippen MR) is 72.4 cm³/mol. The molecule has 1 nitrogen and oxygen atoms in total. The summed E-state index contributed by atoms with van der Waals surface area (Å²) in [6.45, 7) is 2.21. The van der Waals surface area contributed by atoms with Gasteiger partial charge in [-0.2, -0.15) is 0 Å². The molecule has 17 heavy (non-hydrogen) atoms. The molecule has 0 aliphatic carbocycles. The molecule has 0 bridgehead atoms. The fourth-order valence-corrected chi connectivity index (χ4v) is 1.98. The quantitative estimate of drug-likeness (QED) is 0.754. The zero-order chi connectivity index (χ0) is 12.1. The zero-order valence-corrected chi connectivity index (χ0v) is 10.4. The van der Waals surface area contributed by atoms with Gasteiger partial charge in [-0.05, 0) is 35.2 Å². The van der Waals surface area contributed by atoms with Gasteiger partial charge >= 0.3 is 0 Å². The first-order valence-electron chi connectivity index (χ1n) is 6.07. The summed E-state index contributed by atoms with van der Waals surface area (Å²) in [6, 6.07) is 16.9. The summed E-state index contributed by atoms with van der Waals surface area (Å²) in [4.78, 5) is 0. The van der Waals surface area contributed by atoms with Crippen LogP contribution >= 0.6 is 0 Å². The van der Waals surface area contributed by atoms with Crippen LogP contribution in [0.25, 0.3) is 11.1 Å². The maximum absolute atomic E-state index is 5.17. The molecular formula is C16H18O. The van der Waals surface area contributed by atoms with Crippen LogP contribution < -0.4 is 4.74 Å². The molecule has 0 atom stereocenters. The minimum atomic E-state index is 0.901. The largest absolute Gasteiger partial charge is 0.497 e. The van der Waals surface area contributed by atoms with Crippen molar-refractivity contribution in [1.82, 2.24) is 0 Å². The highest BCUT2D eigenvalue weighted by molar-refractivity contribution is 5.64. The number of methoxy groups -OCH3 is 1. The highest BCUT2D eigenvalue weighted by Crippen LogP contribution is 2.23. The number of ether oxygens (including phenoxy) is 1. The molecule has 0 heterocycles. The van der Waals surface area contributed by atoms with E-state index in [0.717, 1.165) is 12.2 Å². The Bertz CT molecular complexity index is 471. The minimum absolute atomic E-state index is 0.901. The van der Waals surface area contributed by atoms with Crippen molar-refractivity contribution < 1.29 is 4.74 Å². The molecule has 0 unspecified atom stereocenters. The fourth-order valence-electron chi connectivity index (χ4n) is 1.98. The lowest BCUT2D eigenvalue weighted by molar-refractivity contribution is 0.415. The molecule has 2 rings (SSSR count). The molecule has 0 aliphatic heterocycles. The molecule has 0 spiro atoms. The average Bonchev–Trinajstić information content (AvgIpc) is 2.40. The van der Waals surface area contributed by atoms with Gasteiger partial charge in [-0.25, -0.2) is 0 Å². The maximum atomic E-state index is 5.17. The van der Waals surface area contributed by atoms with Gasteiger partial charge in [-0.1, -0.05) is 49.7 Å². The highest BCUT2D eigenvalue weighted by atomic mass is 16.5. The van der Waals surface area contributed by atoms with E-state index in [-0.39, 0.29) is 0 Å². The number of hydrogen-bond acceptors (Lipinski definition) is 1. The number of aryl methyl sites for hydroxylation is 1. The van der Waals surface area contributed by atoms with Crippen molar-refractivity contribution >= 4 is 0 Å². The molecule has 88 valence electrons. The van der Waals surface area contributed by atoms with E-state index in [9.17, 15) is 0 Å². The van der Waals surface area contributed by atoms with E-state index in [2.05, 4.69) is 43.3 Å². The van der Waals surface area contributed by atoms with Crippen molar-refractivity contribution in [3.63, 3.8) is 0 Å².